The molecule has 0 bridgehead atoms. The summed E-state index contributed by atoms with van der Waals surface area (Å²) in [5.41, 5.74) is 7.61. The Balaban J connectivity index is 1.57. The molecule has 3 rings (SSSR count). The zero-order chi connectivity index (χ0) is 26.8. The van der Waals surface area contributed by atoms with E-state index in [9.17, 15) is 24.3 Å². The van der Waals surface area contributed by atoms with Gasteiger partial charge in [0.15, 0.2) is 0 Å². The van der Waals surface area contributed by atoms with E-state index in [1.807, 2.05) is 30.3 Å². The topological polar surface area (TPSA) is 151 Å². The van der Waals surface area contributed by atoms with E-state index in [0.717, 1.165) is 18.4 Å². The largest absolute Gasteiger partial charge is 0.480 e. The van der Waals surface area contributed by atoms with Gasteiger partial charge in [-0.15, -0.1) is 0 Å². The molecule has 9 nitrogen and oxygen atoms in total. The van der Waals surface area contributed by atoms with E-state index < -0.39 is 23.5 Å². The van der Waals surface area contributed by atoms with Crippen molar-refractivity contribution in [2.24, 2.45) is 11.1 Å². The molecule has 2 aromatic rings. The number of carboxylic acid groups (broad SMARTS) is 1. The maximum absolute atomic E-state index is 13.2. The first-order chi connectivity index (χ1) is 17.7. The van der Waals surface area contributed by atoms with Gasteiger partial charge in [-0.2, -0.15) is 0 Å². The van der Waals surface area contributed by atoms with Gasteiger partial charge in [-0.3, -0.25) is 14.4 Å². The number of rotatable bonds is 12. The maximum Gasteiger partial charge on any atom is 0.326 e. The van der Waals surface area contributed by atoms with Gasteiger partial charge in [0.05, 0.1) is 11.5 Å². The van der Waals surface area contributed by atoms with Crippen molar-refractivity contribution < 1.29 is 24.3 Å². The van der Waals surface area contributed by atoms with Crippen molar-refractivity contribution >= 4 is 29.4 Å². The van der Waals surface area contributed by atoms with E-state index in [4.69, 9.17) is 5.73 Å². The average Bonchev–Trinajstić information content (AvgIpc) is 3.35. The Labute approximate surface area is 217 Å². The molecule has 0 radical (unpaired) electrons. The minimum absolute atomic E-state index is 0.102. The fourth-order valence-electron chi connectivity index (χ4n) is 4.79. The van der Waals surface area contributed by atoms with E-state index in [-0.39, 0.29) is 24.1 Å². The van der Waals surface area contributed by atoms with Crippen molar-refractivity contribution in [1.82, 2.24) is 10.6 Å². The van der Waals surface area contributed by atoms with Crippen LogP contribution in [-0.4, -0.2) is 47.4 Å². The van der Waals surface area contributed by atoms with Crippen molar-refractivity contribution in [1.29, 1.82) is 0 Å². The molecule has 2 atom stereocenters. The predicted octanol–water partition coefficient (Wildman–Crippen LogP) is 2.39. The molecule has 0 aliphatic heterocycles. The second-order valence-corrected chi connectivity index (χ2v) is 9.77. The van der Waals surface area contributed by atoms with Gasteiger partial charge >= 0.3 is 5.97 Å². The number of hydrogen-bond donors (Lipinski definition) is 5. The molecule has 6 N–H and O–H groups in total. The monoisotopic (exact) mass is 508 g/mol. The van der Waals surface area contributed by atoms with Crippen LogP contribution in [0.4, 0.5) is 5.69 Å². The number of amides is 3. The smallest absolute Gasteiger partial charge is 0.326 e. The summed E-state index contributed by atoms with van der Waals surface area (Å²) in [7, 11) is 0. The Kier molecular flexibility index (Phi) is 9.79. The van der Waals surface area contributed by atoms with E-state index in [0.29, 0.717) is 43.5 Å². The fourth-order valence-corrected chi connectivity index (χ4v) is 4.79. The van der Waals surface area contributed by atoms with Gasteiger partial charge in [0.25, 0.3) is 0 Å². The van der Waals surface area contributed by atoms with Gasteiger partial charge in [-0.05, 0) is 48.9 Å². The molecule has 198 valence electrons. The molecule has 0 saturated heterocycles. The van der Waals surface area contributed by atoms with Crippen LogP contribution in [0.15, 0.2) is 54.6 Å². The molecule has 9 heteroatoms. The van der Waals surface area contributed by atoms with E-state index in [2.05, 4.69) is 16.0 Å². The lowest BCUT2D eigenvalue weighted by atomic mass is 9.81. The van der Waals surface area contributed by atoms with Crippen molar-refractivity contribution in [3.05, 3.63) is 65.7 Å². The van der Waals surface area contributed by atoms with Crippen molar-refractivity contribution in [3.8, 4) is 0 Å². The minimum atomic E-state index is -1.12. The van der Waals surface area contributed by atoms with Crippen LogP contribution in [0.3, 0.4) is 0 Å². The van der Waals surface area contributed by atoms with Crippen LogP contribution in [0.25, 0.3) is 0 Å². The van der Waals surface area contributed by atoms with Crippen LogP contribution in [0.2, 0.25) is 0 Å². The summed E-state index contributed by atoms with van der Waals surface area (Å²) < 4.78 is 0. The molecule has 1 saturated carbocycles. The molecule has 1 aliphatic rings. The zero-order valence-electron chi connectivity index (χ0n) is 21.2. The molecule has 0 heterocycles. The van der Waals surface area contributed by atoms with Crippen LogP contribution in [0, 0.1) is 5.41 Å². The quantitative estimate of drug-likeness (QED) is 0.297. The Morgan fingerprint density at radius 1 is 0.946 bits per heavy atom. The molecule has 2 aromatic carbocycles. The van der Waals surface area contributed by atoms with Crippen LogP contribution >= 0.6 is 0 Å². The van der Waals surface area contributed by atoms with Crippen molar-refractivity contribution in [2.45, 2.75) is 64.0 Å². The number of benzene rings is 2. The Bertz CT molecular complexity index is 1080. The molecule has 3 amide bonds. The summed E-state index contributed by atoms with van der Waals surface area (Å²) in [5.74, 6) is -1.87. The van der Waals surface area contributed by atoms with E-state index in [1.165, 1.54) is 6.92 Å². The third-order valence-electron chi connectivity index (χ3n) is 6.92. The molecule has 37 heavy (non-hydrogen) atoms. The molecule has 0 unspecified atom stereocenters. The van der Waals surface area contributed by atoms with Crippen molar-refractivity contribution in [3.63, 3.8) is 0 Å². The standard InChI is InChI=1S/C28H36N4O5/c1-19(33)30-16-15-28(13-5-6-14-28)27(37)32-24(26(35)36)18-21-9-11-22(12-10-21)31-25(34)23(29)17-20-7-3-2-4-8-20/h2-4,7-12,23-24H,5-6,13-18,29H2,1H3,(H,30,33)(H,31,34)(H,32,37)(H,35,36)/t23-,24+/m1/s1. The lowest BCUT2D eigenvalue weighted by molar-refractivity contribution is -0.144. The maximum atomic E-state index is 13.2. The highest BCUT2D eigenvalue weighted by Gasteiger charge is 2.42. The van der Waals surface area contributed by atoms with Crippen LogP contribution in [-0.2, 0) is 32.0 Å². The summed E-state index contributed by atoms with van der Waals surface area (Å²) >= 11 is 0. The van der Waals surface area contributed by atoms with Gasteiger partial charge in [0, 0.05) is 25.6 Å². The van der Waals surface area contributed by atoms with Gasteiger partial charge < -0.3 is 26.8 Å². The summed E-state index contributed by atoms with van der Waals surface area (Å²) in [6.45, 7) is 1.81. The number of hydrogen-bond acceptors (Lipinski definition) is 5. The number of carbonyl (C=O) groups is 4. The summed E-state index contributed by atoms with van der Waals surface area (Å²) in [6, 6.07) is 14.5. The second-order valence-electron chi connectivity index (χ2n) is 9.77. The molecular formula is C28H36N4O5. The normalized spacial score (nSPS) is 15.8. The number of nitrogens with one attached hydrogen (secondary N) is 3. The summed E-state index contributed by atoms with van der Waals surface area (Å²) in [5, 5.41) is 18.0. The lowest BCUT2D eigenvalue weighted by Gasteiger charge is -2.29. The number of nitrogens with two attached hydrogens (primary N) is 1. The van der Waals surface area contributed by atoms with Crippen LogP contribution in [0.1, 0.15) is 50.2 Å². The third kappa shape index (κ3) is 8.15. The van der Waals surface area contributed by atoms with Gasteiger partial charge in [-0.25, -0.2) is 4.79 Å². The Morgan fingerprint density at radius 2 is 1.57 bits per heavy atom. The predicted molar refractivity (Wildman–Crippen MR) is 141 cm³/mol. The van der Waals surface area contributed by atoms with E-state index >= 15 is 0 Å². The Hall–Kier alpha value is -3.72. The summed E-state index contributed by atoms with van der Waals surface area (Å²) in [4.78, 5) is 48.8. The first-order valence-electron chi connectivity index (χ1n) is 12.7. The first-order valence-corrected chi connectivity index (χ1v) is 12.7. The number of anilines is 1. The van der Waals surface area contributed by atoms with Crippen molar-refractivity contribution in [2.75, 3.05) is 11.9 Å². The molecule has 0 aromatic heterocycles. The van der Waals surface area contributed by atoms with Gasteiger partial charge in [0.1, 0.15) is 6.04 Å². The average molecular weight is 509 g/mol. The lowest BCUT2D eigenvalue weighted by Crippen LogP contribution is -2.49. The molecule has 1 aliphatic carbocycles. The number of aliphatic carboxylic acids is 1. The van der Waals surface area contributed by atoms with Gasteiger partial charge in [0.2, 0.25) is 17.7 Å². The van der Waals surface area contributed by atoms with Gasteiger partial charge in [-0.1, -0.05) is 55.3 Å². The Morgan fingerprint density at radius 3 is 2.16 bits per heavy atom. The minimum Gasteiger partial charge on any atom is -0.480 e. The number of carbonyl (C=O) groups excluding carboxylic acids is 3. The first kappa shape index (κ1) is 27.9. The molecule has 1 fully saturated rings. The second kappa shape index (κ2) is 13.0. The highest BCUT2D eigenvalue weighted by Crippen LogP contribution is 2.41. The highest BCUT2D eigenvalue weighted by atomic mass is 16.4. The molecule has 0 spiro atoms. The highest BCUT2D eigenvalue weighted by molar-refractivity contribution is 5.95. The summed E-state index contributed by atoms with van der Waals surface area (Å²) in [6.07, 6.45) is 4.13. The fraction of sp³-hybridized carbons (Fsp3) is 0.429. The zero-order valence-corrected chi connectivity index (χ0v) is 21.2. The number of carboxylic acids is 1. The van der Waals surface area contributed by atoms with E-state index in [1.54, 1.807) is 24.3 Å². The van der Waals surface area contributed by atoms with Crippen LogP contribution < -0.4 is 21.7 Å². The SMILES string of the molecule is CC(=O)NCCC1(C(=O)N[C@@H](Cc2ccc(NC(=O)[C@H](N)Cc3ccccc3)cc2)C(=O)O)CCCC1. The molecular weight excluding hydrogens is 472 g/mol. The van der Waals surface area contributed by atoms with Crippen LogP contribution in [0.5, 0.6) is 0 Å². The third-order valence-corrected chi connectivity index (χ3v) is 6.92.